The average Bonchev–Trinajstić information content (AvgIpc) is 3.18. The topological polar surface area (TPSA) is 105 Å². The molecule has 0 saturated heterocycles. The van der Waals surface area contributed by atoms with Crippen LogP contribution in [0.15, 0.2) is 24.5 Å². The van der Waals surface area contributed by atoms with E-state index in [1.54, 1.807) is 0 Å². The van der Waals surface area contributed by atoms with Crippen molar-refractivity contribution in [2.75, 3.05) is 18.1 Å². The lowest BCUT2D eigenvalue weighted by atomic mass is 9.98. The van der Waals surface area contributed by atoms with Crippen LogP contribution in [0.3, 0.4) is 0 Å². The van der Waals surface area contributed by atoms with Crippen LogP contribution < -0.4 is 16.2 Å². The van der Waals surface area contributed by atoms with Gasteiger partial charge < -0.3 is 16.2 Å². The molecule has 7 heteroatoms. The van der Waals surface area contributed by atoms with Crippen molar-refractivity contribution in [2.45, 2.75) is 26.7 Å². The van der Waals surface area contributed by atoms with E-state index in [4.69, 9.17) is 16.2 Å². The Morgan fingerprint density at radius 1 is 1.07 bits per heavy atom. The normalized spacial score (nSPS) is 16.0. The highest BCUT2D eigenvalue weighted by atomic mass is 16.5. The molecule has 4 aromatic rings. The number of hydrogen-bond donors (Lipinski definition) is 2. The minimum atomic E-state index is 0.152. The summed E-state index contributed by atoms with van der Waals surface area (Å²) in [5.41, 5.74) is 19.2. The Hall–Kier alpha value is -3.35. The number of rotatable bonds is 1. The third-order valence-corrected chi connectivity index (χ3v) is 5.40. The molecule has 2 aromatic heterocycles. The zero-order chi connectivity index (χ0) is 18.9. The molecule has 0 spiro atoms. The Morgan fingerprint density at radius 3 is 2.67 bits per heavy atom. The molecule has 1 unspecified atom stereocenters. The summed E-state index contributed by atoms with van der Waals surface area (Å²) in [7, 11) is 0. The van der Waals surface area contributed by atoms with Crippen LogP contribution in [-0.4, -0.2) is 26.1 Å². The number of hydrogen-bond acceptors (Lipinski definition) is 6. The van der Waals surface area contributed by atoms with E-state index in [1.165, 1.54) is 11.1 Å². The van der Waals surface area contributed by atoms with Crippen molar-refractivity contribution in [3.8, 4) is 11.4 Å². The number of benzene rings is 2. The summed E-state index contributed by atoms with van der Waals surface area (Å²) in [5, 5.41) is 0.726. The van der Waals surface area contributed by atoms with Gasteiger partial charge in [0.15, 0.2) is 0 Å². The highest BCUT2D eigenvalue weighted by molar-refractivity contribution is 5.98. The van der Waals surface area contributed by atoms with Crippen LogP contribution in [0.1, 0.15) is 29.5 Å². The quantitative estimate of drug-likeness (QED) is 0.540. The molecule has 2 aromatic carbocycles. The number of anilines is 2. The first kappa shape index (κ1) is 15.9. The number of imidazole rings is 1. The molecule has 0 amide bonds. The van der Waals surface area contributed by atoms with Gasteiger partial charge in [-0.3, -0.25) is 4.57 Å². The molecule has 27 heavy (non-hydrogen) atoms. The van der Waals surface area contributed by atoms with Crippen LogP contribution in [0, 0.1) is 13.8 Å². The minimum absolute atomic E-state index is 0.152. The predicted molar refractivity (Wildman–Crippen MR) is 106 cm³/mol. The second-order valence-corrected chi connectivity index (χ2v) is 7.25. The maximum absolute atomic E-state index is 6.14. The molecule has 5 rings (SSSR count). The summed E-state index contributed by atoms with van der Waals surface area (Å²) in [6, 6.07) is 6.28. The number of ether oxygens (including phenoxy) is 1. The number of nitrogens with two attached hydrogens (primary N) is 2. The lowest BCUT2D eigenvalue weighted by Gasteiger charge is -2.15. The highest BCUT2D eigenvalue weighted by Crippen LogP contribution is 2.45. The Kier molecular flexibility index (Phi) is 3.13. The largest absolute Gasteiger partial charge is 0.492 e. The van der Waals surface area contributed by atoms with Gasteiger partial charge in [-0.05, 0) is 43.2 Å². The molecule has 136 valence electrons. The zero-order valence-corrected chi connectivity index (χ0v) is 15.4. The molecule has 0 radical (unpaired) electrons. The predicted octanol–water partition coefficient (Wildman–Crippen LogP) is 3.25. The number of fused-ring (bicyclic) bond motifs is 4. The van der Waals surface area contributed by atoms with Gasteiger partial charge in [0, 0.05) is 11.5 Å². The van der Waals surface area contributed by atoms with Crippen molar-refractivity contribution < 1.29 is 4.74 Å². The van der Waals surface area contributed by atoms with Crippen molar-refractivity contribution in [3.63, 3.8) is 0 Å². The summed E-state index contributed by atoms with van der Waals surface area (Å²) < 4.78 is 8.10. The smallest absolute Gasteiger partial charge is 0.222 e. The van der Waals surface area contributed by atoms with Gasteiger partial charge in [-0.1, -0.05) is 6.92 Å². The van der Waals surface area contributed by atoms with E-state index in [2.05, 4.69) is 52.4 Å². The van der Waals surface area contributed by atoms with Crippen molar-refractivity contribution in [1.29, 1.82) is 0 Å². The second kappa shape index (κ2) is 5.33. The first-order valence-electron chi connectivity index (χ1n) is 8.91. The summed E-state index contributed by atoms with van der Waals surface area (Å²) in [5.74, 6) is 1.47. The van der Waals surface area contributed by atoms with Crippen LogP contribution in [0.2, 0.25) is 0 Å². The van der Waals surface area contributed by atoms with E-state index in [1.807, 2.05) is 12.4 Å². The third-order valence-electron chi connectivity index (χ3n) is 5.40. The van der Waals surface area contributed by atoms with Crippen LogP contribution in [0.4, 0.5) is 11.8 Å². The van der Waals surface area contributed by atoms with Crippen LogP contribution >= 0.6 is 0 Å². The number of aromatic nitrogens is 4. The fourth-order valence-electron chi connectivity index (χ4n) is 3.88. The Labute approximate surface area is 156 Å². The van der Waals surface area contributed by atoms with Crippen LogP contribution in [-0.2, 0) is 0 Å². The van der Waals surface area contributed by atoms with E-state index >= 15 is 0 Å². The molecule has 1 aliphatic heterocycles. The SMILES string of the molecule is Cc1cc2ncn(-c3cc4nc(N)nc(N)c4c4c3C(C)CO4)c2cc1C. The molecule has 1 atom stereocenters. The van der Waals surface area contributed by atoms with Crippen LogP contribution in [0.25, 0.3) is 27.6 Å². The van der Waals surface area contributed by atoms with Gasteiger partial charge in [0.1, 0.15) is 17.9 Å². The standard InChI is InChI=1S/C20H20N6O/c1-9-4-12-14(5-10(9)2)26(8-23-12)15-6-13-17(19(21)25-20(22)24-13)18-16(15)11(3)7-27-18/h4-6,8,11H,7H2,1-3H3,(H4,21,22,24,25). The molecule has 0 bridgehead atoms. The van der Waals surface area contributed by atoms with Crippen LogP contribution in [0.5, 0.6) is 5.75 Å². The van der Waals surface area contributed by atoms with E-state index < -0.39 is 0 Å². The van der Waals surface area contributed by atoms with Gasteiger partial charge in [-0.15, -0.1) is 0 Å². The van der Waals surface area contributed by atoms with E-state index in [9.17, 15) is 0 Å². The minimum Gasteiger partial charge on any atom is -0.492 e. The van der Waals surface area contributed by atoms with Crippen molar-refractivity contribution >= 4 is 33.7 Å². The van der Waals surface area contributed by atoms with Crippen molar-refractivity contribution in [2.24, 2.45) is 0 Å². The summed E-state index contributed by atoms with van der Waals surface area (Å²) in [4.78, 5) is 13.1. The molecule has 0 aliphatic carbocycles. The first-order valence-corrected chi connectivity index (χ1v) is 8.91. The van der Waals surface area contributed by atoms with Gasteiger partial charge in [0.05, 0.1) is 34.2 Å². The van der Waals surface area contributed by atoms with E-state index in [0.29, 0.717) is 17.9 Å². The molecule has 0 saturated carbocycles. The number of nitrogen functional groups attached to an aromatic ring is 2. The Morgan fingerprint density at radius 2 is 1.85 bits per heavy atom. The summed E-state index contributed by atoms with van der Waals surface area (Å²) >= 11 is 0. The molecule has 7 nitrogen and oxygen atoms in total. The molecular weight excluding hydrogens is 340 g/mol. The van der Waals surface area contributed by atoms with Gasteiger partial charge in [-0.2, -0.15) is 4.98 Å². The Bertz CT molecular complexity index is 1240. The Balaban J connectivity index is 1.89. The lowest BCUT2D eigenvalue weighted by Crippen LogP contribution is -2.04. The summed E-state index contributed by atoms with van der Waals surface area (Å²) in [6.45, 7) is 6.94. The second-order valence-electron chi connectivity index (χ2n) is 7.25. The molecule has 1 aliphatic rings. The lowest BCUT2D eigenvalue weighted by molar-refractivity contribution is 0.340. The molecule has 0 fully saturated rings. The van der Waals surface area contributed by atoms with Gasteiger partial charge in [-0.25, -0.2) is 9.97 Å². The van der Waals surface area contributed by atoms with Gasteiger partial charge in [0.2, 0.25) is 5.95 Å². The fraction of sp³-hybridized carbons (Fsp3) is 0.250. The van der Waals surface area contributed by atoms with Crippen molar-refractivity contribution in [3.05, 3.63) is 41.2 Å². The molecule has 4 N–H and O–H groups in total. The van der Waals surface area contributed by atoms with Gasteiger partial charge in [0.25, 0.3) is 0 Å². The van der Waals surface area contributed by atoms with Crippen molar-refractivity contribution in [1.82, 2.24) is 19.5 Å². The van der Waals surface area contributed by atoms with Gasteiger partial charge >= 0.3 is 0 Å². The third kappa shape index (κ3) is 2.17. The first-order chi connectivity index (χ1) is 12.9. The summed E-state index contributed by atoms with van der Waals surface area (Å²) in [6.07, 6.45) is 1.85. The number of aryl methyl sites for hydroxylation is 2. The van der Waals surface area contributed by atoms with E-state index in [-0.39, 0.29) is 11.9 Å². The zero-order valence-electron chi connectivity index (χ0n) is 15.4. The number of nitrogens with zero attached hydrogens (tertiary/aromatic N) is 4. The highest BCUT2D eigenvalue weighted by Gasteiger charge is 2.29. The molecular formula is C20H20N6O. The maximum atomic E-state index is 6.14. The van der Waals surface area contributed by atoms with E-state index in [0.717, 1.165) is 33.4 Å². The maximum Gasteiger partial charge on any atom is 0.222 e. The average molecular weight is 360 g/mol. The monoisotopic (exact) mass is 360 g/mol. The fourth-order valence-corrected chi connectivity index (χ4v) is 3.88. The molecule has 3 heterocycles.